The molecule has 4 aliphatic rings. The quantitative estimate of drug-likeness (QED) is 0.0252. The fourth-order valence-corrected chi connectivity index (χ4v) is 27.5. The number of benzene rings is 6. The third-order valence-electron chi connectivity index (χ3n) is 20.1. The minimum atomic E-state index is -0.633. The van der Waals surface area contributed by atoms with Crippen LogP contribution in [-0.4, -0.2) is 101 Å². The first-order chi connectivity index (χ1) is 55.5. The average Bonchev–Trinajstić information content (AvgIpc) is 1.54. The van der Waals surface area contributed by atoms with E-state index in [-0.39, 0.29) is 56.2 Å². The van der Waals surface area contributed by atoms with Crippen molar-refractivity contribution in [2.45, 2.75) is 280 Å². The van der Waals surface area contributed by atoms with Crippen LogP contribution < -0.4 is 31.0 Å². The Morgan fingerprint density at radius 2 is 0.547 bits per heavy atom. The molecule has 1 aliphatic heterocycles. The van der Waals surface area contributed by atoms with E-state index < -0.39 is 15.8 Å². The summed E-state index contributed by atoms with van der Waals surface area (Å²) in [6, 6.07) is 58.1. The van der Waals surface area contributed by atoms with E-state index in [4.69, 9.17) is 61.2 Å². The first-order valence-corrected chi connectivity index (χ1v) is 66.5. The number of hydrogen-bond acceptors (Lipinski definition) is 2. The SMILES string of the molecule is C1CCCC1.CC(C)c1cccc(C(C)C)c1N1[CH-]N(c2c(C(C)C)cccc2C(C)C)CC1.CCCC[PH+](CCCC)CCCC.CCCC[PH+](CCCC)CCCC.C[PH+](C)C.C[PH+](C)C.[CH3-].[Cl][Ni].[Cl][Ni][Cl].[Cl][Ni][Cl].[Cl][Ni][Cl].[Fe+2].c1ccc([PH+](c2ccccc2)C2[CH-]CCC2)cc1.c1ccc([PH+](c2ccccc2)C2[CH-]CCC2)cc1. The smallest absolute Gasteiger partial charge is 0.288 e. The van der Waals surface area contributed by atoms with Crippen molar-refractivity contribution in [1.82, 2.24) is 0 Å². The summed E-state index contributed by atoms with van der Waals surface area (Å²) in [6.45, 7) is 50.4. The summed E-state index contributed by atoms with van der Waals surface area (Å²) < 4.78 is 0. The predicted molar refractivity (Wildman–Crippen MR) is 551 cm³/mol. The number of anilines is 2. The summed E-state index contributed by atoms with van der Waals surface area (Å²) in [7, 11) is 31.6. The number of unbranched alkanes of at least 4 members (excludes halogenated alkanes) is 6. The number of rotatable bonds is 30. The Labute approximate surface area is 798 Å². The zero-order chi connectivity index (χ0) is 86.4. The van der Waals surface area contributed by atoms with Gasteiger partial charge in [-0.05, 0) is 173 Å². The van der Waals surface area contributed by atoms with Crippen LogP contribution in [-0.2, 0) is 69.6 Å². The van der Waals surface area contributed by atoms with E-state index in [2.05, 4.69) is 349 Å². The zero-order valence-corrected chi connectivity index (χ0v) is 92.6. The average molecular weight is 2090 g/mol. The van der Waals surface area contributed by atoms with E-state index in [1.165, 1.54) is 181 Å². The van der Waals surface area contributed by atoms with Crippen LogP contribution in [0.3, 0.4) is 0 Å². The molecule has 2 atom stereocenters. The third kappa shape index (κ3) is 60.5. The molecule has 0 spiro atoms. The van der Waals surface area contributed by atoms with Crippen LogP contribution in [0.15, 0.2) is 158 Å². The van der Waals surface area contributed by atoms with Crippen LogP contribution >= 0.6 is 119 Å². The molecular formula is C97H166Cl7FeN2Ni4P6+4. The van der Waals surface area contributed by atoms with Crippen LogP contribution in [0.4, 0.5) is 11.4 Å². The van der Waals surface area contributed by atoms with Gasteiger partial charge in [-0.2, -0.15) is 19.5 Å². The molecule has 2 nitrogen and oxygen atoms in total. The van der Waals surface area contributed by atoms with E-state index >= 15 is 0 Å². The molecule has 1 saturated heterocycles. The maximum absolute atomic E-state index is 4.70. The van der Waals surface area contributed by atoms with Crippen molar-refractivity contribution in [3.8, 4) is 0 Å². The van der Waals surface area contributed by atoms with Gasteiger partial charge in [-0.15, -0.1) is 0 Å². The van der Waals surface area contributed by atoms with E-state index in [9.17, 15) is 0 Å². The van der Waals surface area contributed by atoms with Gasteiger partial charge in [0.25, 0.3) is 0 Å². The van der Waals surface area contributed by atoms with Crippen LogP contribution in [0, 0.1) is 26.9 Å². The second-order valence-electron chi connectivity index (χ2n) is 32.6. The third-order valence-corrected chi connectivity index (χ3v) is 32.8. The summed E-state index contributed by atoms with van der Waals surface area (Å²) in [5, 5.41) is 6.21. The van der Waals surface area contributed by atoms with Crippen molar-refractivity contribution in [3.05, 3.63) is 207 Å². The van der Waals surface area contributed by atoms with Gasteiger partial charge in [0, 0.05) is 96.1 Å². The molecule has 3 saturated carbocycles. The molecule has 20 heteroatoms. The maximum atomic E-state index is 4.70. The number of halogens is 7. The van der Waals surface area contributed by atoms with Gasteiger partial charge >= 0.3 is 141 Å². The molecule has 0 radical (unpaired) electrons. The Morgan fingerprint density at radius 3 is 0.709 bits per heavy atom. The minimum Gasteiger partial charge on any atom is -0.288 e. The normalized spacial score (nSPS) is 14.4. The topological polar surface area (TPSA) is 6.48 Å². The van der Waals surface area contributed by atoms with Gasteiger partial charge in [0.2, 0.25) is 0 Å². The van der Waals surface area contributed by atoms with Crippen LogP contribution in [0.5, 0.6) is 0 Å². The van der Waals surface area contributed by atoms with Gasteiger partial charge in [0.15, 0.2) is 0 Å². The zero-order valence-electron chi connectivity index (χ0n) is 76.3. The summed E-state index contributed by atoms with van der Waals surface area (Å²) in [5.74, 6) is 2.06. The fraction of sp³-hybridized carbons (Fsp3) is 0.588. The molecule has 0 amide bonds. The van der Waals surface area contributed by atoms with Crippen molar-refractivity contribution in [2.24, 2.45) is 0 Å². The maximum Gasteiger partial charge on any atom is 2.00 e. The van der Waals surface area contributed by atoms with E-state index in [0.29, 0.717) is 61.6 Å². The van der Waals surface area contributed by atoms with Gasteiger partial charge in [0.1, 0.15) is 0 Å². The van der Waals surface area contributed by atoms with Crippen molar-refractivity contribution in [3.63, 3.8) is 0 Å². The largest absolute Gasteiger partial charge is 2.00 e. The number of nitrogens with zero attached hydrogens (tertiary/aromatic N) is 2. The predicted octanol–water partition coefficient (Wildman–Crippen LogP) is 33.4. The standard InChI is InChI=1S/C27H39N2.2C17H18P.2C12H27P.C5H10.2C3H9P.CH3.7ClH.Fe.4Ni/c1-18(2)22-11-9-12-23(19(3)4)26(22)28-15-16-29(17-28)27-24(20(5)6)13-10-14-25(27)21(7)8;2*1-3-9-15(10-4-1)18(17-13-7-8-14-17)16-11-5-2-6-12-16;2*1-4-7-10-13(11-8-5-2)12-9-6-3;1-2-4-5-3-1;2*1-4(2)3;;;;;;;;;;;;;/h9-14,17-21H,15-16H2,1-8H3;2*1-6,9-13,17H,7-8,14H2;2*4-12H2,1-3H3;1-5H2;2*1-3H3;1H3;7*1H;;;;;/q3*-1;;;;;;-1;;;;;;;;+2;+1;3*+2/p-1. The molecule has 0 N–H and O–H groups in total. The van der Waals surface area contributed by atoms with Gasteiger partial charge < -0.3 is 17.2 Å². The molecule has 3 aliphatic carbocycles. The summed E-state index contributed by atoms with van der Waals surface area (Å²) in [5.41, 5.74) is 10.3. The first kappa shape index (κ1) is 125. The number of hydrogen-bond donors (Lipinski definition) is 0. The molecule has 10 rings (SSSR count). The summed E-state index contributed by atoms with van der Waals surface area (Å²) >= 11 is 5.06. The summed E-state index contributed by atoms with van der Waals surface area (Å²) in [6.07, 6.45) is 47.5. The van der Waals surface area contributed by atoms with Crippen molar-refractivity contribution in [1.29, 1.82) is 0 Å². The molecule has 6 aromatic rings. The molecule has 0 aromatic heterocycles. The second-order valence-corrected chi connectivity index (χ2v) is 54.9. The van der Waals surface area contributed by atoms with Crippen molar-refractivity contribution < 1.29 is 69.6 Å². The van der Waals surface area contributed by atoms with Crippen molar-refractivity contribution >= 4 is 151 Å². The Balaban J connectivity index is -0.000000648. The molecule has 4 fully saturated rings. The first-order valence-electron chi connectivity index (χ1n) is 43.6. The van der Waals surface area contributed by atoms with Crippen molar-refractivity contribution in [2.75, 3.05) is 99.8 Å². The Bertz CT molecular complexity index is 2680. The summed E-state index contributed by atoms with van der Waals surface area (Å²) in [4.78, 5) is 5.01. The second kappa shape index (κ2) is 86.1. The van der Waals surface area contributed by atoms with Gasteiger partial charge in [-0.3, -0.25) is 12.8 Å². The molecular weight excluding hydrogens is 1920 g/mol. The van der Waals surface area contributed by atoms with Gasteiger partial charge in [0.05, 0.1) is 58.2 Å². The molecule has 6 aromatic carbocycles. The van der Waals surface area contributed by atoms with E-state index in [1.807, 2.05) is 0 Å². The van der Waals surface area contributed by atoms with Gasteiger partial charge in [-0.25, -0.2) is 0 Å². The number of para-hydroxylation sites is 2. The Kier molecular flexibility index (Phi) is 92.2. The molecule has 117 heavy (non-hydrogen) atoms. The molecule has 2 unspecified atom stereocenters. The van der Waals surface area contributed by atoms with Crippen LogP contribution in [0.1, 0.15) is 291 Å². The van der Waals surface area contributed by atoms with Gasteiger partial charge in [-0.1, -0.05) is 290 Å². The Morgan fingerprint density at radius 1 is 0.350 bits per heavy atom. The Hall–Kier alpha value is 2.02. The molecule has 1 heterocycles. The molecule has 0 bridgehead atoms. The molecule has 687 valence electrons. The van der Waals surface area contributed by atoms with E-state index in [1.54, 1.807) is 58.2 Å². The fourth-order valence-electron chi connectivity index (χ4n) is 14.5. The van der Waals surface area contributed by atoms with Crippen LogP contribution in [0.2, 0.25) is 0 Å². The van der Waals surface area contributed by atoms with Crippen LogP contribution in [0.25, 0.3) is 0 Å². The monoisotopic (exact) mass is 2080 g/mol. The minimum absolute atomic E-state index is 0. The van der Waals surface area contributed by atoms with E-state index in [0.717, 1.165) is 24.4 Å².